The molecule has 1 aliphatic rings. The number of benzene rings is 1. The number of anilines is 1. The summed E-state index contributed by atoms with van der Waals surface area (Å²) in [4.78, 5) is 25.3. The largest absolute Gasteiger partial charge is 0.465 e. The molecule has 3 rings (SSSR count). The number of rotatable bonds is 3. The predicted octanol–water partition coefficient (Wildman–Crippen LogP) is 4.20. The Balaban J connectivity index is 1.87. The van der Waals surface area contributed by atoms with Crippen LogP contribution in [0, 0.1) is 0 Å². The van der Waals surface area contributed by atoms with Gasteiger partial charge in [0, 0.05) is 37.3 Å². The van der Waals surface area contributed by atoms with Crippen molar-refractivity contribution in [3.05, 3.63) is 46.1 Å². The third kappa shape index (κ3) is 4.64. The van der Waals surface area contributed by atoms with Crippen LogP contribution in [0.5, 0.6) is 0 Å². The molecule has 0 bridgehead atoms. The van der Waals surface area contributed by atoms with Crippen LogP contribution in [-0.4, -0.2) is 44.9 Å². The highest BCUT2D eigenvalue weighted by Gasteiger charge is 2.37. The summed E-state index contributed by atoms with van der Waals surface area (Å²) in [5.74, 6) is -1.13. The van der Waals surface area contributed by atoms with Crippen LogP contribution in [0.3, 0.4) is 0 Å². The third-order valence-corrected chi connectivity index (χ3v) is 4.99. The summed E-state index contributed by atoms with van der Waals surface area (Å²) in [5, 5.41) is 14.9. The number of halogens is 4. The molecule has 0 aliphatic carbocycles. The average molecular weight is 431 g/mol. The molecular weight excluding hydrogens is 413 g/mol. The Labute approximate surface area is 169 Å². The van der Waals surface area contributed by atoms with Gasteiger partial charge in [-0.3, -0.25) is 14.8 Å². The Morgan fingerprint density at radius 3 is 2.72 bits per heavy atom. The number of amides is 2. The van der Waals surface area contributed by atoms with E-state index in [1.807, 2.05) is 0 Å². The molecule has 2 heterocycles. The minimum absolute atomic E-state index is 0.00966. The van der Waals surface area contributed by atoms with Gasteiger partial charge >= 0.3 is 12.3 Å². The lowest BCUT2D eigenvalue weighted by Crippen LogP contribution is -2.39. The highest BCUT2D eigenvalue weighted by molar-refractivity contribution is 6.30. The topological polar surface area (TPSA) is 87.5 Å². The molecule has 1 aromatic carbocycles. The lowest BCUT2D eigenvalue weighted by Gasteiger charge is -2.34. The van der Waals surface area contributed by atoms with Gasteiger partial charge in [-0.05, 0) is 30.5 Å². The number of aromatic nitrogens is 2. The normalized spacial score (nSPS) is 17.3. The van der Waals surface area contributed by atoms with Crippen LogP contribution in [-0.2, 0) is 13.2 Å². The summed E-state index contributed by atoms with van der Waals surface area (Å²) >= 11 is 5.75. The number of nitrogens with one attached hydrogen (secondary N) is 1. The molecule has 2 amide bonds. The van der Waals surface area contributed by atoms with Crippen molar-refractivity contribution in [2.45, 2.75) is 24.9 Å². The molecule has 0 saturated carbocycles. The van der Waals surface area contributed by atoms with Crippen LogP contribution in [0.15, 0.2) is 24.4 Å². The summed E-state index contributed by atoms with van der Waals surface area (Å²) in [5.41, 5.74) is -0.670. The molecule has 0 spiro atoms. The summed E-state index contributed by atoms with van der Waals surface area (Å²) in [7, 11) is 1.53. The zero-order chi connectivity index (χ0) is 21.3. The summed E-state index contributed by atoms with van der Waals surface area (Å²) in [6.07, 6.45) is -3.56. The first-order chi connectivity index (χ1) is 13.6. The van der Waals surface area contributed by atoms with E-state index in [0.29, 0.717) is 19.4 Å². The first-order valence-corrected chi connectivity index (χ1v) is 9.13. The minimum atomic E-state index is -4.56. The first-order valence-electron chi connectivity index (χ1n) is 8.75. The molecule has 1 saturated heterocycles. The SMILES string of the molecule is Cn1cc(C(=O)N2CCCC(c3ccc(Cl)cc3C(F)(F)F)C2)c(NC(=O)O)n1. The van der Waals surface area contributed by atoms with Gasteiger partial charge in [-0.1, -0.05) is 17.7 Å². The van der Waals surface area contributed by atoms with Gasteiger partial charge in [-0.2, -0.15) is 18.3 Å². The first kappa shape index (κ1) is 21.0. The van der Waals surface area contributed by atoms with Gasteiger partial charge in [0.25, 0.3) is 5.91 Å². The number of carbonyl (C=O) groups excluding carboxylic acids is 1. The van der Waals surface area contributed by atoms with Crippen LogP contribution < -0.4 is 5.32 Å². The molecule has 1 fully saturated rings. The number of hydrogen-bond donors (Lipinski definition) is 2. The van der Waals surface area contributed by atoms with Gasteiger partial charge in [-0.15, -0.1) is 0 Å². The lowest BCUT2D eigenvalue weighted by atomic mass is 9.87. The number of aryl methyl sites for hydroxylation is 1. The maximum Gasteiger partial charge on any atom is 0.416 e. The molecule has 1 atom stereocenters. The second-order valence-corrected chi connectivity index (χ2v) is 7.25. The number of piperidine rings is 1. The van der Waals surface area contributed by atoms with Crippen LogP contribution in [0.4, 0.5) is 23.8 Å². The van der Waals surface area contributed by atoms with E-state index in [-0.39, 0.29) is 28.5 Å². The van der Waals surface area contributed by atoms with Crippen molar-refractivity contribution >= 4 is 29.4 Å². The maximum absolute atomic E-state index is 13.5. The number of alkyl halides is 3. The quantitative estimate of drug-likeness (QED) is 0.763. The third-order valence-electron chi connectivity index (χ3n) is 4.75. The van der Waals surface area contributed by atoms with Crippen molar-refractivity contribution in [3.63, 3.8) is 0 Å². The van der Waals surface area contributed by atoms with Gasteiger partial charge in [0.2, 0.25) is 0 Å². The molecule has 7 nitrogen and oxygen atoms in total. The molecule has 1 aromatic heterocycles. The molecule has 0 radical (unpaired) electrons. The number of nitrogens with zero attached hydrogens (tertiary/aromatic N) is 3. The summed E-state index contributed by atoms with van der Waals surface area (Å²) in [6, 6.07) is 3.65. The standard InChI is InChI=1S/C18H18ClF3N4O3/c1-25-9-13(15(24-25)23-17(28)29)16(27)26-6-2-3-10(8-26)12-5-4-11(19)7-14(12)18(20,21)22/h4-5,7,9-10H,2-3,6,8H2,1H3,(H,23,24)(H,28,29). The molecule has 2 N–H and O–H groups in total. The second-order valence-electron chi connectivity index (χ2n) is 6.81. The second kappa shape index (κ2) is 7.94. The van der Waals surface area contributed by atoms with E-state index >= 15 is 0 Å². The van der Waals surface area contributed by atoms with E-state index in [4.69, 9.17) is 16.7 Å². The van der Waals surface area contributed by atoms with E-state index in [0.717, 1.165) is 6.07 Å². The van der Waals surface area contributed by atoms with E-state index < -0.39 is 29.7 Å². The van der Waals surface area contributed by atoms with E-state index in [2.05, 4.69) is 10.4 Å². The predicted molar refractivity (Wildman–Crippen MR) is 99.2 cm³/mol. The van der Waals surface area contributed by atoms with Crippen molar-refractivity contribution in [2.24, 2.45) is 7.05 Å². The molecule has 29 heavy (non-hydrogen) atoms. The van der Waals surface area contributed by atoms with Crippen LogP contribution in [0.25, 0.3) is 0 Å². The zero-order valence-electron chi connectivity index (χ0n) is 15.3. The molecule has 156 valence electrons. The van der Waals surface area contributed by atoms with E-state index in [9.17, 15) is 22.8 Å². The van der Waals surface area contributed by atoms with Crippen molar-refractivity contribution < 1.29 is 27.9 Å². The Morgan fingerprint density at radius 2 is 2.07 bits per heavy atom. The lowest BCUT2D eigenvalue weighted by molar-refractivity contribution is -0.138. The Hall–Kier alpha value is -2.75. The van der Waals surface area contributed by atoms with Gasteiger partial charge < -0.3 is 10.0 Å². The molecule has 1 unspecified atom stereocenters. The molecule has 1 aliphatic heterocycles. The minimum Gasteiger partial charge on any atom is -0.465 e. The van der Waals surface area contributed by atoms with Gasteiger partial charge in [-0.25, -0.2) is 4.79 Å². The Kier molecular flexibility index (Phi) is 5.74. The van der Waals surface area contributed by atoms with Gasteiger partial charge in [0.1, 0.15) is 5.56 Å². The average Bonchev–Trinajstić information content (AvgIpc) is 2.99. The van der Waals surface area contributed by atoms with Crippen LogP contribution >= 0.6 is 11.6 Å². The van der Waals surface area contributed by atoms with E-state index in [1.54, 1.807) is 0 Å². The number of hydrogen-bond acceptors (Lipinski definition) is 3. The van der Waals surface area contributed by atoms with Crippen molar-refractivity contribution in [2.75, 3.05) is 18.4 Å². The Bertz CT molecular complexity index is 945. The maximum atomic E-state index is 13.5. The monoisotopic (exact) mass is 430 g/mol. The highest BCUT2D eigenvalue weighted by Crippen LogP contribution is 2.39. The number of carbonyl (C=O) groups is 2. The fraction of sp³-hybridized carbons (Fsp3) is 0.389. The number of carboxylic acid groups (broad SMARTS) is 1. The molecule has 2 aromatic rings. The fourth-order valence-electron chi connectivity index (χ4n) is 3.55. The zero-order valence-corrected chi connectivity index (χ0v) is 16.1. The smallest absolute Gasteiger partial charge is 0.416 e. The van der Waals surface area contributed by atoms with Gasteiger partial charge in [0.15, 0.2) is 5.82 Å². The van der Waals surface area contributed by atoms with Crippen LogP contribution in [0.2, 0.25) is 5.02 Å². The van der Waals surface area contributed by atoms with Crippen molar-refractivity contribution in [3.8, 4) is 0 Å². The summed E-state index contributed by atoms with van der Waals surface area (Å²) < 4.78 is 41.7. The Morgan fingerprint density at radius 1 is 1.34 bits per heavy atom. The van der Waals surface area contributed by atoms with E-state index in [1.165, 1.54) is 35.0 Å². The highest BCUT2D eigenvalue weighted by atomic mass is 35.5. The number of likely N-dealkylation sites (tertiary alicyclic amines) is 1. The van der Waals surface area contributed by atoms with Gasteiger partial charge in [0.05, 0.1) is 5.56 Å². The van der Waals surface area contributed by atoms with Crippen molar-refractivity contribution in [1.82, 2.24) is 14.7 Å². The molecule has 11 heteroatoms. The molecular formula is C18H18ClF3N4O3. The van der Waals surface area contributed by atoms with Crippen molar-refractivity contribution in [1.29, 1.82) is 0 Å². The fourth-order valence-corrected chi connectivity index (χ4v) is 3.73. The van der Waals surface area contributed by atoms with Crippen LogP contribution in [0.1, 0.15) is 40.2 Å². The summed E-state index contributed by atoms with van der Waals surface area (Å²) in [6.45, 7) is 0.427.